The van der Waals surface area contributed by atoms with E-state index in [9.17, 15) is 8.42 Å². The number of nitrogens with one attached hydrogen (secondary N) is 1. The standard InChI is InChI=1S/C9H16N2O2S2/c1-3-7-15(12,13)11-8(4-2)9-10-5-6-14-9/h5-6,8,11H,3-4,7H2,1-2H3. The lowest BCUT2D eigenvalue weighted by Crippen LogP contribution is -2.30. The molecule has 6 heteroatoms. The van der Waals surface area contributed by atoms with Gasteiger partial charge in [-0.05, 0) is 12.8 Å². The summed E-state index contributed by atoms with van der Waals surface area (Å²) < 4.78 is 25.8. The van der Waals surface area contributed by atoms with Gasteiger partial charge in [-0.25, -0.2) is 18.1 Å². The third-order valence-corrected chi connectivity index (χ3v) is 4.43. The van der Waals surface area contributed by atoms with E-state index in [-0.39, 0.29) is 11.8 Å². The van der Waals surface area contributed by atoms with Crippen molar-refractivity contribution in [3.8, 4) is 0 Å². The molecule has 0 aliphatic rings. The summed E-state index contributed by atoms with van der Waals surface area (Å²) in [6.45, 7) is 3.80. The van der Waals surface area contributed by atoms with Crippen molar-refractivity contribution in [1.29, 1.82) is 0 Å². The van der Waals surface area contributed by atoms with Crippen LogP contribution in [0.1, 0.15) is 37.7 Å². The largest absolute Gasteiger partial charge is 0.248 e. The van der Waals surface area contributed by atoms with E-state index in [1.54, 1.807) is 6.20 Å². The molecule has 1 aromatic heterocycles. The van der Waals surface area contributed by atoms with Gasteiger partial charge in [-0.3, -0.25) is 0 Å². The molecule has 0 aliphatic carbocycles. The highest BCUT2D eigenvalue weighted by atomic mass is 32.2. The Labute approximate surface area is 94.8 Å². The van der Waals surface area contributed by atoms with Gasteiger partial charge in [-0.2, -0.15) is 0 Å². The van der Waals surface area contributed by atoms with Gasteiger partial charge in [0.1, 0.15) is 5.01 Å². The molecule has 1 rings (SSSR count). The van der Waals surface area contributed by atoms with Gasteiger partial charge in [-0.1, -0.05) is 13.8 Å². The molecular formula is C9H16N2O2S2. The number of aromatic nitrogens is 1. The molecule has 0 fully saturated rings. The summed E-state index contributed by atoms with van der Waals surface area (Å²) in [6.07, 6.45) is 3.04. The number of thiazole rings is 1. The Bertz CT molecular complexity index is 373. The Morgan fingerprint density at radius 3 is 2.73 bits per heavy atom. The van der Waals surface area contributed by atoms with E-state index >= 15 is 0 Å². The van der Waals surface area contributed by atoms with E-state index in [1.807, 2.05) is 19.2 Å². The highest BCUT2D eigenvalue weighted by molar-refractivity contribution is 7.89. The van der Waals surface area contributed by atoms with E-state index in [2.05, 4.69) is 9.71 Å². The molecule has 0 spiro atoms. The Hall–Kier alpha value is -0.460. The fourth-order valence-electron chi connectivity index (χ4n) is 1.26. The van der Waals surface area contributed by atoms with E-state index in [4.69, 9.17) is 0 Å². The molecule has 1 unspecified atom stereocenters. The molecule has 1 atom stereocenters. The molecule has 0 radical (unpaired) electrons. The quantitative estimate of drug-likeness (QED) is 0.836. The Balaban J connectivity index is 2.70. The molecule has 0 aliphatic heterocycles. The van der Waals surface area contributed by atoms with Crippen molar-refractivity contribution < 1.29 is 8.42 Å². The molecule has 1 aromatic rings. The average Bonchev–Trinajstić information content (AvgIpc) is 2.67. The molecule has 4 nitrogen and oxygen atoms in total. The molecule has 0 amide bonds. The minimum atomic E-state index is -3.15. The zero-order valence-corrected chi connectivity index (χ0v) is 10.6. The number of hydrogen-bond acceptors (Lipinski definition) is 4. The predicted molar refractivity (Wildman–Crippen MR) is 62.4 cm³/mol. The van der Waals surface area contributed by atoms with Gasteiger partial charge in [-0.15, -0.1) is 11.3 Å². The van der Waals surface area contributed by atoms with Crippen LogP contribution >= 0.6 is 11.3 Å². The first-order chi connectivity index (χ1) is 7.09. The van der Waals surface area contributed by atoms with Gasteiger partial charge >= 0.3 is 0 Å². The second kappa shape index (κ2) is 5.58. The summed E-state index contributed by atoms with van der Waals surface area (Å²) in [7, 11) is -3.15. The van der Waals surface area contributed by atoms with Crippen LogP contribution < -0.4 is 4.72 Å². The Kier molecular flexibility index (Phi) is 4.69. The minimum Gasteiger partial charge on any atom is -0.248 e. The number of hydrogen-bond donors (Lipinski definition) is 1. The molecular weight excluding hydrogens is 232 g/mol. The van der Waals surface area contributed by atoms with Crippen LogP contribution in [0.3, 0.4) is 0 Å². The second-order valence-corrected chi connectivity index (χ2v) is 6.07. The smallest absolute Gasteiger partial charge is 0.212 e. The number of nitrogens with zero attached hydrogens (tertiary/aromatic N) is 1. The first-order valence-electron chi connectivity index (χ1n) is 4.98. The Morgan fingerprint density at radius 2 is 2.27 bits per heavy atom. The van der Waals surface area contributed by atoms with Gasteiger partial charge in [0.25, 0.3) is 0 Å². The second-order valence-electron chi connectivity index (χ2n) is 3.27. The fourth-order valence-corrected chi connectivity index (χ4v) is 3.47. The van der Waals surface area contributed by atoms with E-state index in [0.29, 0.717) is 6.42 Å². The lowest BCUT2D eigenvalue weighted by molar-refractivity contribution is 0.548. The summed E-state index contributed by atoms with van der Waals surface area (Å²) in [5, 5.41) is 2.68. The third kappa shape index (κ3) is 3.89. The summed E-state index contributed by atoms with van der Waals surface area (Å²) in [5.74, 6) is 0.175. The van der Waals surface area contributed by atoms with Crippen LogP contribution in [0.25, 0.3) is 0 Å². The Morgan fingerprint density at radius 1 is 1.53 bits per heavy atom. The van der Waals surface area contributed by atoms with Crippen LogP contribution in [0.15, 0.2) is 11.6 Å². The first-order valence-corrected chi connectivity index (χ1v) is 7.51. The van der Waals surface area contributed by atoms with Gasteiger partial charge in [0, 0.05) is 11.6 Å². The van der Waals surface area contributed by atoms with Crippen molar-refractivity contribution >= 4 is 21.4 Å². The summed E-state index contributed by atoms with van der Waals surface area (Å²) in [5.41, 5.74) is 0. The summed E-state index contributed by atoms with van der Waals surface area (Å²) >= 11 is 1.48. The van der Waals surface area contributed by atoms with Crippen LogP contribution in [-0.2, 0) is 10.0 Å². The molecule has 15 heavy (non-hydrogen) atoms. The molecule has 0 saturated heterocycles. The van der Waals surface area contributed by atoms with Gasteiger partial charge in [0.15, 0.2) is 0 Å². The molecule has 0 saturated carbocycles. The van der Waals surface area contributed by atoms with Gasteiger partial charge in [0.05, 0.1) is 11.8 Å². The average molecular weight is 248 g/mol. The molecule has 1 heterocycles. The zero-order valence-electron chi connectivity index (χ0n) is 8.93. The molecule has 86 valence electrons. The van der Waals surface area contributed by atoms with Gasteiger partial charge in [0.2, 0.25) is 10.0 Å². The van der Waals surface area contributed by atoms with E-state index in [0.717, 1.165) is 11.4 Å². The van der Waals surface area contributed by atoms with Crippen LogP contribution in [0.2, 0.25) is 0 Å². The van der Waals surface area contributed by atoms with Gasteiger partial charge < -0.3 is 0 Å². The van der Waals surface area contributed by atoms with Crippen molar-refractivity contribution in [1.82, 2.24) is 9.71 Å². The van der Waals surface area contributed by atoms with E-state index in [1.165, 1.54) is 11.3 Å². The van der Waals surface area contributed by atoms with Crippen LogP contribution in [0.5, 0.6) is 0 Å². The summed E-state index contributed by atoms with van der Waals surface area (Å²) in [6, 6.07) is -0.179. The lowest BCUT2D eigenvalue weighted by Gasteiger charge is -2.13. The lowest BCUT2D eigenvalue weighted by atomic mass is 10.3. The molecule has 0 bridgehead atoms. The monoisotopic (exact) mass is 248 g/mol. The maximum absolute atomic E-state index is 11.6. The van der Waals surface area contributed by atoms with Crippen molar-refractivity contribution in [2.45, 2.75) is 32.7 Å². The van der Waals surface area contributed by atoms with E-state index < -0.39 is 10.0 Å². The molecule has 1 N–H and O–H groups in total. The number of sulfonamides is 1. The topological polar surface area (TPSA) is 59.1 Å². The number of rotatable bonds is 6. The highest BCUT2D eigenvalue weighted by Crippen LogP contribution is 2.19. The molecule has 0 aromatic carbocycles. The zero-order chi connectivity index (χ0) is 11.3. The van der Waals surface area contributed by atoms with Crippen LogP contribution in [-0.4, -0.2) is 19.2 Å². The van der Waals surface area contributed by atoms with Crippen LogP contribution in [0.4, 0.5) is 0 Å². The maximum Gasteiger partial charge on any atom is 0.212 e. The van der Waals surface area contributed by atoms with Crippen molar-refractivity contribution in [3.05, 3.63) is 16.6 Å². The normalized spacial score (nSPS) is 14.0. The fraction of sp³-hybridized carbons (Fsp3) is 0.667. The third-order valence-electron chi connectivity index (χ3n) is 1.95. The first kappa shape index (κ1) is 12.6. The SMILES string of the molecule is CCCS(=O)(=O)NC(CC)c1nccs1. The van der Waals surface area contributed by atoms with Crippen LogP contribution in [0, 0.1) is 0 Å². The van der Waals surface area contributed by atoms with Crippen molar-refractivity contribution in [2.75, 3.05) is 5.75 Å². The van der Waals surface area contributed by atoms with Crippen molar-refractivity contribution in [3.63, 3.8) is 0 Å². The predicted octanol–water partition coefficient (Wildman–Crippen LogP) is 1.92. The minimum absolute atomic E-state index is 0.175. The maximum atomic E-state index is 11.6. The van der Waals surface area contributed by atoms with Crippen molar-refractivity contribution in [2.24, 2.45) is 0 Å². The highest BCUT2D eigenvalue weighted by Gasteiger charge is 2.18. The summed E-state index contributed by atoms with van der Waals surface area (Å²) in [4.78, 5) is 4.12.